The fraction of sp³-hybridized carbons (Fsp3) is 0.333. The fourth-order valence-corrected chi connectivity index (χ4v) is 2.69. The third-order valence-corrected chi connectivity index (χ3v) is 4.08. The summed E-state index contributed by atoms with van der Waals surface area (Å²) in [4.78, 5) is 28.1. The molecule has 6 nitrogen and oxygen atoms in total. The maximum atomic E-state index is 13.2. The lowest BCUT2D eigenvalue weighted by Gasteiger charge is -2.26. The lowest BCUT2D eigenvalue weighted by Crippen LogP contribution is -2.43. The van der Waals surface area contributed by atoms with Crippen LogP contribution in [0.25, 0.3) is 0 Å². The van der Waals surface area contributed by atoms with Crippen LogP contribution < -0.4 is 0 Å². The predicted octanol–water partition coefficient (Wildman–Crippen LogP) is 2.92. The van der Waals surface area contributed by atoms with Crippen LogP contribution in [0.5, 0.6) is 0 Å². The van der Waals surface area contributed by atoms with E-state index >= 15 is 0 Å². The van der Waals surface area contributed by atoms with Crippen LogP contribution in [0.1, 0.15) is 17.1 Å². The fourth-order valence-electron chi connectivity index (χ4n) is 2.69. The first-order valence-electron chi connectivity index (χ1n) is 8.88. The van der Waals surface area contributed by atoms with E-state index < -0.39 is 0 Å². The van der Waals surface area contributed by atoms with Crippen molar-refractivity contribution >= 4 is 11.8 Å². The zero-order valence-electron chi connectivity index (χ0n) is 16.2. The number of nitrogens with zero attached hydrogens (tertiary/aromatic N) is 2. The predicted molar refractivity (Wildman–Crippen MR) is 103 cm³/mol. The van der Waals surface area contributed by atoms with Crippen LogP contribution in [0.15, 0.2) is 53.5 Å². The molecule has 1 heterocycles. The van der Waals surface area contributed by atoms with E-state index in [-0.39, 0.29) is 50.4 Å². The minimum absolute atomic E-state index is 0.115. The van der Waals surface area contributed by atoms with Gasteiger partial charge in [0, 0.05) is 20.2 Å². The van der Waals surface area contributed by atoms with E-state index in [0.717, 1.165) is 11.3 Å². The number of ether oxygens (including phenoxy) is 1. The van der Waals surface area contributed by atoms with Gasteiger partial charge in [0.25, 0.3) is 0 Å². The molecule has 2 rings (SSSR count). The maximum absolute atomic E-state index is 13.2. The van der Waals surface area contributed by atoms with Crippen LogP contribution >= 0.6 is 0 Å². The van der Waals surface area contributed by atoms with Crippen molar-refractivity contribution in [3.8, 4) is 0 Å². The van der Waals surface area contributed by atoms with E-state index in [1.54, 1.807) is 29.2 Å². The quantitative estimate of drug-likeness (QED) is 0.587. The van der Waals surface area contributed by atoms with Gasteiger partial charge >= 0.3 is 0 Å². The Labute approximate surface area is 164 Å². The van der Waals surface area contributed by atoms with Crippen molar-refractivity contribution in [1.82, 2.24) is 9.80 Å². The Morgan fingerprint density at radius 3 is 2.39 bits per heavy atom. The van der Waals surface area contributed by atoms with Gasteiger partial charge in [-0.05, 0) is 36.8 Å². The third-order valence-electron chi connectivity index (χ3n) is 4.08. The van der Waals surface area contributed by atoms with E-state index in [4.69, 9.17) is 9.15 Å². The lowest BCUT2D eigenvalue weighted by atomic mass is 10.2. The Hall–Kier alpha value is -2.93. The zero-order valence-corrected chi connectivity index (χ0v) is 16.2. The molecular formula is C21H25FN2O4. The van der Waals surface area contributed by atoms with E-state index in [1.165, 1.54) is 24.1 Å². The molecule has 7 heteroatoms. The highest BCUT2D eigenvalue weighted by Crippen LogP contribution is 2.14. The Morgan fingerprint density at radius 2 is 1.82 bits per heavy atom. The number of benzene rings is 1. The number of amides is 2. The maximum Gasteiger partial charge on any atom is 0.249 e. The minimum Gasteiger partial charge on any atom is -0.464 e. The Balaban J connectivity index is 2.17. The molecule has 150 valence electrons. The lowest BCUT2D eigenvalue weighted by molar-refractivity contribution is -0.143. The van der Waals surface area contributed by atoms with Crippen molar-refractivity contribution in [2.24, 2.45) is 0 Å². The molecule has 0 fully saturated rings. The number of hydrogen-bond donors (Lipinski definition) is 0. The van der Waals surface area contributed by atoms with Gasteiger partial charge in [-0.2, -0.15) is 0 Å². The molecule has 0 aliphatic rings. The standard InChI is InChI=1S/C21H25FN2O4/c1-4-11-23(21(26)15-27-3)14-20(25)24(13-19-10-5-16(2)28-19)12-17-6-8-18(22)9-7-17/h4-10H,1,11-15H2,2-3H3. The summed E-state index contributed by atoms with van der Waals surface area (Å²) in [6, 6.07) is 9.57. The molecule has 0 unspecified atom stereocenters. The zero-order chi connectivity index (χ0) is 20.5. The highest BCUT2D eigenvalue weighted by Gasteiger charge is 2.22. The van der Waals surface area contributed by atoms with Crippen molar-refractivity contribution in [2.75, 3.05) is 26.8 Å². The number of methoxy groups -OCH3 is 1. The summed E-state index contributed by atoms with van der Waals surface area (Å²) >= 11 is 0. The van der Waals surface area contributed by atoms with Gasteiger partial charge in [0.15, 0.2) is 0 Å². The summed E-state index contributed by atoms with van der Waals surface area (Å²) in [5, 5.41) is 0. The molecule has 2 amide bonds. The van der Waals surface area contributed by atoms with E-state index in [2.05, 4.69) is 6.58 Å². The molecule has 0 radical (unpaired) electrons. The molecule has 0 aliphatic carbocycles. The summed E-state index contributed by atoms with van der Waals surface area (Å²) in [5.41, 5.74) is 0.775. The van der Waals surface area contributed by atoms with Gasteiger partial charge in [0.2, 0.25) is 11.8 Å². The van der Waals surface area contributed by atoms with Gasteiger partial charge in [-0.3, -0.25) is 9.59 Å². The number of furan rings is 1. The smallest absolute Gasteiger partial charge is 0.249 e. The number of halogens is 1. The average Bonchev–Trinajstić information content (AvgIpc) is 3.07. The highest BCUT2D eigenvalue weighted by molar-refractivity contribution is 5.85. The number of hydrogen-bond acceptors (Lipinski definition) is 4. The molecule has 1 aromatic heterocycles. The van der Waals surface area contributed by atoms with Crippen LogP contribution in [0.2, 0.25) is 0 Å². The second-order valence-electron chi connectivity index (χ2n) is 6.38. The van der Waals surface area contributed by atoms with Gasteiger partial charge in [0.05, 0.1) is 6.54 Å². The number of rotatable bonds is 10. The SMILES string of the molecule is C=CCN(CC(=O)N(Cc1ccc(F)cc1)Cc1ccc(C)o1)C(=O)COC. The average molecular weight is 388 g/mol. The normalized spacial score (nSPS) is 10.5. The van der Waals surface area contributed by atoms with Crippen LogP contribution in [-0.4, -0.2) is 48.4 Å². The van der Waals surface area contributed by atoms with Gasteiger partial charge in [-0.15, -0.1) is 6.58 Å². The Morgan fingerprint density at radius 1 is 1.11 bits per heavy atom. The summed E-state index contributed by atoms with van der Waals surface area (Å²) < 4.78 is 23.7. The number of aryl methyl sites for hydroxylation is 1. The van der Waals surface area contributed by atoms with Crippen LogP contribution in [0.4, 0.5) is 4.39 Å². The van der Waals surface area contributed by atoms with Crippen LogP contribution in [-0.2, 0) is 27.4 Å². The highest BCUT2D eigenvalue weighted by atomic mass is 19.1. The summed E-state index contributed by atoms with van der Waals surface area (Å²) in [5.74, 6) is 0.473. The molecule has 0 bridgehead atoms. The summed E-state index contributed by atoms with van der Waals surface area (Å²) in [7, 11) is 1.42. The molecule has 28 heavy (non-hydrogen) atoms. The van der Waals surface area contributed by atoms with Crippen LogP contribution in [0, 0.1) is 12.7 Å². The molecule has 0 saturated heterocycles. The Kier molecular flexibility index (Phi) is 7.95. The van der Waals surface area contributed by atoms with E-state index in [9.17, 15) is 14.0 Å². The topological polar surface area (TPSA) is 63.0 Å². The molecular weight excluding hydrogens is 363 g/mol. The third kappa shape index (κ3) is 6.35. The summed E-state index contributed by atoms with van der Waals surface area (Å²) in [6.07, 6.45) is 1.56. The van der Waals surface area contributed by atoms with Crippen molar-refractivity contribution in [3.63, 3.8) is 0 Å². The Bertz CT molecular complexity index is 801. The molecule has 0 N–H and O–H groups in total. The van der Waals surface area contributed by atoms with E-state index in [1.807, 2.05) is 13.0 Å². The van der Waals surface area contributed by atoms with Gasteiger partial charge in [0.1, 0.15) is 30.5 Å². The minimum atomic E-state index is -0.342. The first-order valence-corrected chi connectivity index (χ1v) is 8.88. The monoisotopic (exact) mass is 388 g/mol. The number of carbonyl (C=O) groups excluding carboxylic acids is 2. The van der Waals surface area contributed by atoms with Crippen molar-refractivity contribution in [3.05, 3.63) is 72.0 Å². The molecule has 0 saturated carbocycles. The van der Waals surface area contributed by atoms with Crippen molar-refractivity contribution < 1.29 is 23.1 Å². The second-order valence-corrected chi connectivity index (χ2v) is 6.38. The molecule has 0 aliphatic heterocycles. The van der Waals surface area contributed by atoms with Crippen molar-refractivity contribution in [1.29, 1.82) is 0 Å². The second kappa shape index (κ2) is 10.4. The molecule has 2 aromatic rings. The molecule has 0 spiro atoms. The van der Waals surface area contributed by atoms with Gasteiger partial charge < -0.3 is 19.0 Å². The van der Waals surface area contributed by atoms with Gasteiger partial charge in [-0.1, -0.05) is 18.2 Å². The largest absolute Gasteiger partial charge is 0.464 e. The van der Waals surface area contributed by atoms with Gasteiger partial charge in [-0.25, -0.2) is 4.39 Å². The van der Waals surface area contributed by atoms with Crippen LogP contribution in [0.3, 0.4) is 0 Å². The van der Waals surface area contributed by atoms with E-state index in [0.29, 0.717) is 5.76 Å². The van der Waals surface area contributed by atoms with Crippen molar-refractivity contribution in [2.45, 2.75) is 20.0 Å². The first-order chi connectivity index (χ1) is 13.4. The molecule has 0 atom stereocenters. The first kappa shape index (κ1) is 21.4. The molecule has 1 aromatic carbocycles. The number of carbonyl (C=O) groups is 2. The summed E-state index contributed by atoms with van der Waals surface area (Å²) in [6.45, 7) is 5.96.